The zero-order valence-electron chi connectivity index (χ0n) is 10.1. The maximum absolute atomic E-state index is 12.4. The molecule has 0 spiro atoms. The van der Waals surface area contributed by atoms with Crippen molar-refractivity contribution in [2.45, 2.75) is 57.9 Å². The lowest BCUT2D eigenvalue weighted by Gasteiger charge is -2.30. The zero-order chi connectivity index (χ0) is 12.3. The Bertz CT molecular complexity index is 212. The Morgan fingerprint density at radius 3 is 2.19 bits per heavy atom. The van der Waals surface area contributed by atoms with Gasteiger partial charge in [-0.3, -0.25) is 4.90 Å². The Morgan fingerprint density at radius 2 is 1.81 bits per heavy atom. The van der Waals surface area contributed by atoms with Gasteiger partial charge in [-0.15, -0.1) is 0 Å². The highest BCUT2D eigenvalue weighted by molar-refractivity contribution is 4.89. The van der Waals surface area contributed by atoms with Crippen LogP contribution in [0.15, 0.2) is 0 Å². The molecule has 0 aromatic carbocycles. The van der Waals surface area contributed by atoms with Gasteiger partial charge in [0.05, 0.1) is 6.54 Å². The van der Waals surface area contributed by atoms with Gasteiger partial charge >= 0.3 is 6.18 Å². The van der Waals surface area contributed by atoms with Gasteiger partial charge in [-0.05, 0) is 19.8 Å². The van der Waals surface area contributed by atoms with E-state index in [0.29, 0.717) is 12.6 Å². The average Bonchev–Trinajstić information content (AvgIpc) is 2.91. The van der Waals surface area contributed by atoms with Crippen LogP contribution < -0.4 is 5.32 Å². The fraction of sp³-hybridized carbons (Fsp3) is 1.00. The van der Waals surface area contributed by atoms with E-state index in [9.17, 15) is 13.2 Å². The summed E-state index contributed by atoms with van der Waals surface area (Å²) in [4.78, 5) is 1.58. The third kappa shape index (κ3) is 5.16. The number of alkyl halides is 3. The second-order valence-corrected chi connectivity index (χ2v) is 4.93. The van der Waals surface area contributed by atoms with Crippen LogP contribution in [0.2, 0.25) is 0 Å². The van der Waals surface area contributed by atoms with Crippen molar-refractivity contribution in [1.29, 1.82) is 0 Å². The van der Waals surface area contributed by atoms with Crippen LogP contribution in [0.5, 0.6) is 0 Å². The van der Waals surface area contributed by atoms with Gasteiger partial charge in [-0.2, -0.15) is 13.2 Å². The van der Waals surface area contributed by atoms with Gasteiger partial charge in [0.1, 0.15) is 0 Å². The molecule has 1 unspecified atom stereocenters. The first-order chi connectivity index (χ1) is 7.29. The molecule has 0 heterocycles. The van der Waals surface area contributed by atoms with Gasteiger partial charge in [0.15, 0.2) is 0 Å². The molecule has 0 aromatic rings. The molecule has 0 saturated heterocycles. The quantitative estimate of drug-likeness (QED) is 0.764. The monoisotopic (exact) mass is 238 g/mol. The number of rotatable bonds is 6. The molecule has 0 aliphatic heterocycles. The predicted octanol–water partition coefficient (Wildman–Crippen LogP) is 2.40. The molecular weight excluding hydrogens is 217 g/mol. The van der Waals surface area contributed by atoms with E-state index in [1.165, 1.54) is 0 Å². The summed E-state index contributed by atoms with van der Waals surface area (Å²) < 4.78 is 37.2. The van der Waals surface area contributed by atoms with Crippen LogP contribution in [-0.2, 0) is 0 Å². The first-order valence-electron chi connectivity index (χ1n) is 5.85. The highest BCUT2D eigenvalue weighted by Crippen LogP contribution is 2.31. The minimum Gasteiger partial charge on any atom is -0.313 e. The van der Waals surface area contributed by atoms with Gasteiger partial charge in [-0.1, -0.05) is 13.8 Å². The molecular formula is C11H21F3N2. The van der Waals surface area contributed by atoms with Crippen molar-refractivity contribution in [2.24, 2.45) is 0 Å². The third-order valence-electron chi connectivity index (χ3n) is 2.77. The Kier molecular flexibility index (Phi) is 4.62. The van der Waals surface area contributed by atoms with E-state index in [1.54, 1.807) is 4.90 Å². The molecule has 1 rings (SSSR count). The largest absolute Gasteiger partial charge is 0.401 e. The fourth-order valence-corrected chi connectivity index (χ4v) is 1.78. The molecule has 96 valence electrons. The smallest absolute Gasteiger partial charge is 0.313 e. The fourth-order valence-electron chi connectivity index (χ4n) is 1.78. The topological polar surface area (TPSA) is 15.3 Å². The van der Waals surface area contributed by atoms with Crippen molar-refractivity contribution in [3.05, 3.63) is 0 Å². The number of nitrogens with one attached hydrogen (secondary N) is 1. The third-order valence-corrected chi connectivity index (χ3v) is 2.77. The highest BCUT2D eigenvalue weighted by Gasteiger charge is 2.39. The van der Waals surface area contributed by atoms with Crippen LogP contribution in [0, 0.1) is 0 Å². The van der Waals surface area contributed by atoms with E-state index in [0.717, 1.165) is 12.8 Å². The summed E-state index contributed by atoms with van der Waals surface area (Å²) in [7, 11) is 0. The van der Waals surface area contributed by atoms with E-state index < -0.39 is 12.7 Å². The Morgan fingerprint density at radius 1 is 1.25 bits per heavy atom. The lowest BCUT2D eigenvalue weighted by atomic mass is 10.2. The van der Waals surface area contributed by atoms with Gasteiger partial charge in [0.25, 0.3) is 0 Å². The predicted molar refractivity (Wildman–Crippen MR) is 58.4 cm³/mol. The van der Waals surface area contributed by atoms with Crippen molar-refractivity contribution < 1.29 is 13.2 Å². The molecule has 16 heavy (non-hydrogen) atoms. The summed E-state index contributed by atoms with van der Waals surface area (Å²) in [6, 6.07) is 0.400. The number of nitrogens with zero attached hydrogens (tertiary/aromatic N) is 1. The molecule has 1 atom stereocenters. The van der Waals surface area contributed by atoms with Crippen LogP contribution in [0.1, 0.15) is 33.6 Å². The first kappa shape index (κ1) is 13.8. The molecule has 5 heteroatoms. The maximum atomic E-state index is 12.4. The molecule has 0 amide bonds. The van der Waals surface area contributed by atoms with E-state index >= 15 is 0 Å². The summed E-state index contributed by atoms with van der Waals surface area (Å²) in [6.07, 6.45) is -2.28. The minimum absolute atomic E-state index is 0.0588. The van der Waals surface area contributed by atoms with E-state index in [4.69, 9.17) is 0 Å². The highest BCUT2D eigenvalue weighted by atomic mass is 19.4. The van der Waals surface area contributed by atoms with Crippen LogP contribution in [0.25, 0.3) is 0 Å². The van der Waals surface area contributed by atoms with E-state index in [2.05, 4.69) is 5.32 Å². The van der Waals surface area contributed by atoms with Crippen LogP contribution in [0.4, 0.5) is 13.2 Å². The number of hydrogen-bond acceptors (Lipinski definition) is 2. The molecule has 1 aliphatic rings. The molecule has 1 saturated carbocycles. The van der Waals surface area contributed by atoms with Crippen molar-refractivity contribution in [2.75, 3.05) is 13.1 Å². The summed E-state index contributed by atoms with van der Waals surface area (Å²) in [5.74, 6) is 0. The van der Waals surface area contributed by atoms with Gasteiger partial charge in [-0.25, -0.2) is 0 Å². The van der Waals surface area contributed by atoms with Crippen molar-refractivity contribution in [1.82, 2.24) is 10.2 Å². The van der Waals surface area contributed by atoms with Crippen molar-refractivity contribution in [3.63, 3.8) is 0 Å². The number of hydrogen-bond donors (Lipinski definition) is 1. The summed E-state index contributed by atoms with van der Waals surface area (Å²) in [5, 5.41) is 3.19. The van der Waals surface area contributed by atoms with Crippen LogP contribution in [-0.4, -0.2) is 42.3 Å². The summed E-state index contributed by atoms with van der Waals surface area (Å²) in [5.41, 5.74) is 0. The maximum Gasteiger partial charge on any atom is 0.401 e. The Hall–Kier alpha value is -0.290. The second kappa shape index (κ2) is 5.36. The molecule has 2 nitrogen and oxygen atoms in total. The van der Waals surface area contributed by atoms with Crippen LogP contribution >= 0.6 is 0 Å². The SMILES string of the molecule is CC(C)NCC(C)N(CC(F)(F)F)C1CC1. The zero-order valence-corrected chi connectivity index (χ0v) is 10.1. The normalized spacial score (nSPS) is 19.5. The Balaban J connectivity index is 2.43. The van der Waals surface area contributed by atoms with Crippen molar-refractivity contribution in [3.8, 4) is 0 Å². The van der Waals surface area contributed by atoms with Gasteiger partial charge < -0.3 is 5.32 Å². The van der Waals surface area contributed by atoms with E-state index in [1.807, 2.05) is 20.8 Å². The lowest BCUT2D eigenvalue weighted by molar-refractivity contribution is -0.151. The molecule has 1 aliphatic carbocycles. The van der Waals surface area contributed by atoms with Crippen molar-refractivity contribution >= 4 is 0 Å². The molecule has 0 radical (unpaired) electrons. The lowest BCUT2D eigenvalue weighted by Crippen LogP contribution is -2.47. The first-order valence-corrected chi connectivity index (χ1v) is 5.85. The standard InChI is InChI=1S/C11H21F3N2/c1-8(2)15-6-9(3)16(10-4-5-10)7-11(12,13)14/h8-10,15H,4-7H2,1-3H3. The van der Waals surface area contributed by atoms with Crippen LogP contribution in [0.3, 0.4) is 0 Å². The summed E-state index contributed by atoms with van der Waals surface area (Å²) in [6.45, 7) is 5.69. The van der Waals surface area contributed by atoms with E-state index in [-0.39, 0.29) is 12.1 Å². The molecule has 0 bridgehead atoms. The Labute approximate surface area is 95.2 Å². The van der Waals surface area contributed by atoms with Gasteiger partial charge in [0.2, 0.25) is 0 Å². The number of halogens is 3. The minimum atomic E-state index is -4.09. The second-order valence-electron chi connectivity index (χ2n) is 4.93. The molecule has 1 N–H and O–H groups in total. The summed E-state index contributed by atoms with van der Waals surface area (Å²) >= 11 is 0. The average molecular weight is 238 g/mol. The molecule has 0 aromatic heterocycles. The van der Waals surface area contributed by atoms with Gasteiger partial charge in [0, 0.05) is 24.7 Å². The molecule has 1 fully saturated rings.